The van der Waals surface area contributed by atoms with Gasteiger partial charge in [-0.15, -0.1) is 19.0 Å². The monoisotopic (exact) mass is 340 g/mol. The summed E-state index contributed by atoms with van der Waals surface area (Å²) in [5.74, 6) is 1.57. The van der Waals surface area contributed by atoms with Gasteiger partial charge in [0, 0.05) is 18.7 Å². The molecule has 1 fully saturated rings. The summed E-state index contributed by atoms with van der Waals surface area (Å²) in [6.45, 7) is 5.93. The number of hydrogen-bond acceptors (Lipinski definition) is 4. The molecule has 0 aliphatic carbocycles. The number of methoxy groups -OCH3 is 2. The van der Waals surface area contributed by atoms with Crippen LogP contribution in [-0.2, 0) is 17.8 Å². The topological polar surface area (TPSA) is 59.6 Å². The van der Waals surface area contributed by atoms with Crippen molar-refractivity contribution < 1.29 is 14.3 Å². The first-order valence-electron chi connectivity index (χ1n) is 7.52. The van der Waals surface area contributed by atoms with E-state index in [1.807, 2.05) is 18.2 Å². The molecule has 6 heteroatoms. The molecule has 1 amide bonds. The van der Waals surface area contributed by atoms with E-state index in [0.29, 0.717) is 18.7 Å². The van der Waals surface area contributed by atoms with E-state index in [4.69, 9.17) is 9.47 Å². The van der Waals surface area contributed by atoms with Gasteiger partial charge in [0.1, 0.15) is 0 Å². The molecular formula is C17H25ClN2O3. The first-order valence-corrected chi connectivity index (χ1v) is 7.52. The summed E-state index contributed by atoms with van der Waals surface area (Å²) in [5.41, 5.74) is 2.00. The zero-order valence-electron chi connectivity index (χ0n) is 13.7. The number of halogens is 1. The Bertz CT molecular complexity index is 543. The van der Waals surface area contributed by atoms with E-state index in [-0.39, 0.29) is 24.2 Å². The predicted molar refractivity (Wildman–Crippen MR) is 93.5 cm³/mol. The summed E-state index contributed by atoms with van der Waals surface area (Å²) in [6, 6.07) is 3.93. The highest BCUT2D eigenvalue weighted by Gasteiger charge is 2.22. The van der Waals surface area contributed by atoms with Gasteiger partial charge in [-0.3, -0.25) is 4.79 Å². The molecule has 23 heavy (non-hydrogen) atoms. The fourth-order valence-corrected chi connectivity index (χ4v) is 2.73. The van der Waals surface area contributed by atoms with Crippen molar-refractivity contribution in [2.75, 3.05) is 27.3 Å². The van der Waals surface area contributed by atoms with Crippen molar-refractivity contribution in [3.8, 4) is 11.5 Å². The van der Waals surface area contributed by atoms with Gasteiger partial charge in [0.25, 0.3) is 0 Å². The Hall–Kier alpha value is -1.72. The quantitative estimate of drug-likeness (QED) is 0.746. The van der Waals surface area contributed by atoms with E-state index in [1.165, 1.54) is 0 Å². The number of hydrogen-bond donors (Lipinski definition) is 2. The van der Waals surface area contributed by atoms with E-state index < -0.39 is 0 Å². The van der Waals surface area contributed by atoms with Crippen LogP contribution >= 0.6 is 12.4 Å². The van der Waals surface area contributed by atoms with Crippen LogP contribution in [0.5, 0.6) is 11.5 Å². The number of rotatable bonds is 7. The molecule has 0 spiro atoms. The van der Waals surface area contributed by atoms with E-state index in [1.54, 1.807) is 14.2 Å². The third-order valence-electron chi connectivity index (χ3n) is 3.88. The van der Waals surface area contributed by atoms with Gasteiger partial charge in [-0.1, -0.05) is 6.08 Å². The van der Waals surface area contributed by atoms with Crippen LogP contribution in [0.3, 0.4) is 0 Å². The van der Waals surface area contributed by atoms with Crippen LogP contribution in [0.4, 0.5) is 0 Å². The van der Waals surface area contributed by atoms with Crippen LogP contribution in [-0.4, -0.2) is 33.2 Å². The Morgan fingerprint density at radius 1 is 1.43 bits per heavy atom. The molecule has 2 rings (SSSR count). The molecule has 1 aromatic carbocycles. The molecule has 1 aromatic rings. The summed E-state index contributed by atoms with van der Waals surface area (Å²) in [5, 5.41) is 6.20. The largest absolute Gasteiger partial charge is 0.493 e. The minimum Gasteiger partial charge on any atom is -0.493 e. The Morgan fingerprint density at radius 3 is 2.78 bits per heavy atom. The average molecular weight is 341 g/mol. The number of carbonyl (C=O) groups is 1. The standard InChI is InChI=1S/C17H24N2O3.ClH/c1-4-5-13-8-12(9-15(21-2)16(13)22-3)10-19-17(20)14-6-7-18-11-14;/h4,8-9,14,18H,1,5-7,10-11H2,2-3H3,(H,19,20);1H. The Kier molecular flexibility index (Phi) is 7.92. The average Bonchev–Trinajstić information content (AvgIpc) is 3.06. The highest BCUT2D eigenvalue weighted by Crippen LogP contribution is 2.33. The van der Waals surface area contributed by atoms with Gasteiger partial charge in [0.15, 0.2) is 11.5 Å². The van der Waals surface area contributed by atoms with Gasteiger partial charge in [-0.05, 0) is 37.1 Å². The van der Waals surface area contributed by atoms with Gasteiger partial charge in [-0.2, -0.15) is 0 Å². The first kappa shape index (κ1) is 19.3. The zero-order valence-corrected chi connectivity index (χ0v) is 14.5. The predicted octanol–water partition coefficient (Wildman–Crippen LogP) is 2.08. The highest BCUT2D eigenvalue weighted by atomic mass is 35.5. The molecule has 1 unspecified atom stereocenters. The van der Waals surface area contributed by atoms with Crippen LogP contribution in [0.2, 0.25) is 0 Å². The highest BCUT2D eigenvalue weighted by molar-refractivity contribution is 5.85. The molecule has 1 saturated heterocycles. The molecule has 0 aromatic heterocycles. The van der Waals surface area contributed by atoms with Crippen LogP contribution in [0.15, 0.2) is 24.8 Å². The van der Waals surface area contributed by atoms with Gasteiger partial charge in [-0.25, -0.2) is 0 Å². The van der Waals surface area contributed by atoms with E-state index in [9.17, 15) is 4.79 Å². The van der Waals surface area contributed by atoms with Crippen molar-refractivity contribution in [1.82, 2.24) is 10.6 Å². The molecule has 1 aliphatic rings. The summed E-state index contributed by atoms with van der Waals surface area (Å²) < 4.78 is 10.8. The third-order valence-corrected chi connectivity index (χ3v) is 3.88. The Morgan fingerprint density at radius 2 is 2.22 bits per heavy atom. The second-order valence-electron chi connectivity index (χ2n) is 5.39. The second kappa shape index (κ2) is 9.43. The van der Waals surface area contributed by atoms with E-state index in [2.05, 4.69) is 17.2 Å². The molecule has 128 valence electrons. The lowest BCUT2D eigenvalue weighted by atomic mass is 10.0. The Labute approximate surface area is 143 Å². The van der Waals surface area contributed by atoms with Crippen LogP contribution in [0.25, 0.3) is 0 Å². The number of benzene rings is 1. The van der Waals surface area contributed by atoms with Crippen LogP contribution in [0.1, 0.15) is 17.5 Å². The molecule has 5 nitrogen and oxygen atoms in total. The molecular weight excluding hydrogens is 316 g/mol. The molecule has 0 radical (unpaired) electrons. The van der Waals surface area contributed by atoms with Crippen LogP contribution < -0.4 is 20.1 Å². The summed E-state index contributed by atoms with van der Waals surface area (Å²) in [7, 11) is 3.24. The number of carbonyl (C=O) groups excluding carboxylic acids is 1. The van der Waals surface area contributed by atoms with Gasteiger partial charge in [0.2, 0.25) is 5.91 Å². The maximum atomic E-state index is 12.1. The third kappa shape index (κ3) is 4.88. The molecule has 1 aliphatic heterocycles. The lowest BCUT2D eigenvalue weighted by Crippen LogP contribution is -2.31. The number of allylic oxidation sites excluding steroid dienone is 1. The van der Waals surface area contributed by atoms with Crippen molar-refractivity contribution in [1.29, 1.82) is 0 Å². The zero-order chi connectivity index (χ0) is 15.9. The minimum absolute atomic E-state index is 0. The number of ether oxygens (including phenoxy) is 2. The molecule has 0 bridgehead atoms. The SMILES string of the molecule is C=CCc1cc(CNC(=O)C2CCNC2)cc(OC)c1OC.Cl. The fraction of sp³-hybridized carbons (Fsp3) is 0.471. The lowest BCUT2D eigenvalue weighted by Gasteiger charge is -2.15. The van der Waals surface area contributed by atoms with Crippen molar-refractivity contribution >= 4 is 18.3 Å². The molecule has 1 atom stereocenters. The number of amides is 1. The van der Waals surface area contributed by atoms with E-state index in [0.717, 1.165) is 36.4 Å². The van der Waals surface area contributed by atoms with E-state index >= 15 is 0 Å². The smallest absolute Gasteiger partial charge is 0.224 e. The first-order chi connectivity index (χ1) is 10.7. The second-order valence-corrected chi connectivity index (χ2v) is 5.39. The summed E-state index contributed by atoms with van der Waals surface area (Å²) in [4.78, 5) is 12.1. The number of nitrogens with one attached hydrogen (secondary N) is 2. The maximum absolute atomic E-state index is 12.1. The van der Waals surface area contributed by atoms with Gasteiger partial charge in [0.05, 0.1) is 20.1 Å². The van der Waals surface area contributed by atoms with Crippen LogP contribution in [0, 0.1) is 5.92 Å². The summed E-state index contributed by atoms with van der Waals surface area (Å²) >= 11 is 0. The lowest BCUT2D eigenvalue weighted by molar-refractivity contribution is -0.124. The van der Waals surface area contributed by atoms with Crippen molar-refractivity contribution in [2.24, 2.45) is 5.92 Å². The maximum Gasteiger partial charge on any atom is 0.224 e. The fourth-order valence-electron chi connectivity index (χ4n) is 2.73. The normalized spacial score (nSPS) is 16.3. The summed E-state index contributed by atoms with van der Waals surface area (Å²) in [6.07, 6.45) is 3.41. The van der Waals surface area contributed by atoms with Crippen molar-refractivity contribution in [3.05, 3.63) is 35.9 Å². The molecule has 0 saturated carbocycles. The Balaban J connectivity index is 0.00000264. The van der Waals surface area contributed by atoms with Gasteiger partial charge < -0.3 is 20.1 Å². The van der Waals surface area contributed by atoms with Crippen molar-refractivity contribution in [2.45, 2.75) is 19.4 Å². The van der Waals surface area contributed by atoms with Gasteiger partial charge >= 0.3 is 0 Å². The van der Waals surface area contributed by atoms with Crippen molar-refractivity contribution in [3.63, 3.8) is 0 Å². The minimum atomic E-state index is 0. The molecule has 2 N–H and O–H groups in total. The molecule has 1 heterocycles.